The van der Waals surface area contributed by atoms with E-state index in [0.717, 1.165) is 18.9 Å². The number of carbonyl (C=O) groups is 2. The van der Waals surface area contributed by atoms with E-state index >= 15 is 0 Å². The van der Waals surface area contributed by atoms with E-state index < -0.39 is 34.9 Å². The summed E-state index contributed by atoms with van der Waals surface area (Å²) in [5.74, 6) is -2.79. The van der Waals surface area contributed by atoms with Gasteiger partial charge in [-0.15, -0.1) is 0 Å². The SMILES string of the molecule is CNC(=O)c1c(F)cc(F)cc1NC(=O)Oc1nc(C2CC2)cnc1Nc1cncnc1. The Morgan fingerprint density at radius 1 is 1.12 bits per heavy atom. The lowest BCUT2D eigenvalue weighted by Crippen LogP contribution is -2.25. The smallest absolute Gasteiger partial charge is 0.387 e. The average molecular weight is 441 g/mol. The van der Waals surface area contributed by atoms with E-state index in [2.05, 4.69) is 35.9 Å². The van der Waals surface area contributed by atoms with E-state index in [4.69, 9.17) is 4.74 Å². The van der Waals surface area contributed by atoms with Crippen molar-refractivity contribution >= 4 is 29.2 Å². The summed E-state index contributed by atoms with van der Waals surface area (Å²) in [6.07, 6.45) is 6.65. The van der Waals surface area contributed by atoms with E-state index in [1.807, 2.05) is 0 Å². The standard InChI is InChI=1S/C20H17F2N7O3/c1-23-18(30)16-13(22)4-11(21)5-14(16)29-20(31)32-19-17(27-12-6-24-9-25-7-12)26-8-15(28-19)10-2-3-10/h4-10H,2-3H2,1H3,(H,23,30)(H,26,27)(H,29,31). The van der Waals surface area contributed by atoms with Gasteiger partial charge in [-0.05, 0) is 18.9 Å². The minimum atomic E-state index is -1.14. The Kier molecular flexibility index (Phi) is 5.83. The van der Waals surface area contributed by atoms with Crippen molar-refractivity contribution in [2.75, 3.05) is 17.7 Å². The summed E-state index contributed by atoms with van der Waals surface area (Å²) in [6, 6.07) is 1.34. The third-order valence-corrected chi connectivity index (χ3v) is 4.51. The summed E-state index contributed by atoms with van der Waals surface area (Å²) in [4.78, 5) is 40.9. The lowest BCUT2D eigenvalue weighted by Gasteiger charge is -2.13. The first-order chi connectivity index (χ1) is 15.4. The predicted molar refractivity (Wildman–Crippen MR) is 109 cm³/mol. The van der Waals surface area contributed by atoms with Crippen LogP contribution in [0.4, 0.5) is 30.8 Å². The van der Waals surface area contributed by atoms with Crippen LogP contribution in [0.5, 0.6) is 5.88 Å². The summed E-state index contributed by atoms with van der Waals surface area (Å²) in [6.45, 7) is 0. The topological polar surface area (TPSA) is 131 Å². The molecule has 0 saturated heterocycles. The molecular weight excluding hydrogens is 424 g/mol. The van der Waals surface area contributed by atoms with Crippen molar-refractivity contribution in [3.63, 3.8) is 0 Å². The molecule has 2 aromatic heterocycles. The van der Waals surface area contributed by atoms with Crippen molar-refractivity contribution < 1.29 is 23.1 Å². The molecule has 1 aromatic carbocycles. The molecule has 1 aliphatic carbocycles. The molecule has 1 saturated carbocycles. The molecule has 32 heavy (non-hydrogen) atoms. The van der Waals surface area contributed by atoms with Gasteiger partial charge in [-0.2, -0.15) is 0 Å². The minimum absolute atomic E-state index is 0.108. The fourth-order valence-corrected chi connectivity index (χ4v) is 2.87. The van der Waals surface area contributed by atoms with Gasteiger partial charge >= 0.3 is 6.09 Å². The highest BCUT2D eigenvalue weighted by atomic mass is 19.1. The van der Waals surface area contributed by atoms with E-state index in [0.29, 0.717) is 17.4 Å². The molecule has 2 amide bonds. The van der Waals surface area contributed by atoms with Gasteiger partial charge < -0.3 is 15.4 Å². The molecule has 0 aliphatic heterocycles. The third-order valence-electron chi connectivity index (χ3n) is 4.51. The molecule has 0 radical (unpaired) electrons. The molecule has 164 valence electrons. The van der Waals surface area contributed by atoms with Crippen LogP contribution in [-0.2, 0) is 0 Å². The molecule has 0 spiro atoms. The summed E-state index contributed by atoms with van der Waals surface area (Å²) in [5, 5.41) is 7.32. The zero-order valence-corrected chi connectivity index (χ0v) is 16.7. The Balaban J connectivity index is 1.60. The first-order valence-electron chi connectivity index (χ1n) is 9.53. The van der Waals surface area contributed by atoms with Crippen LogP contribution in [0.2, 0.25) is 0 Å². The van der Waals surface area contributed by atoms with Gasteiger partial charge in [0.15, 0.2) is 5.82 Å². The number of nitrogens with one attached hydrogen (secondary N) is 3. The Labute approximate surface area is 180 Å². The van der Waals surface area contributed by atoms with E-state index in [9.17, 15) is 18.4 Å². The van der Waals surface area contributed by atoms with E-state index in [1.54, 1.807) is 6.20 Å². The van der Waals surface area contributed by atoms with Crippen LogP contribution in [0, 0.1) is 11.6 Å². The Bertz CT molecular complexity index is 1170. The second-order valence-electron chi connectivity index (χ2n) is 6.88. The van der Waals surface area contributed by atoms with Gasteiger partial charge in [-0.25, -0.2) is 33.5 Å². The number of amides is 2. The lowest BCUT2D eigenvalue weighted by molar-refractivity contribution is 0.0960. The Morgan fingerprint density at radius 2 is 1.88 bits per heavy atom. The number of halogens is 2. The summed E-state index contributed by atoms with van der Waals surface area (Å²) < 4.78 is 33.1. The first kappa shape index (κ1) is 21.0. The average Bonchev–Trinajstić information content (AvgIpc) is 3.60. The predicted octanol–water partition coefficient (Wildman–Crippen LogP) is 3.14. The maximum atomic E-state index is 14.1. The maximum absolute atomic E-state index is 14.1. The van der Waals surface area contributed by atoms with Gasteiger partial charge in [0.1, 0.15) is 18.0 Å². The van der Waals surface area contributed by atoms with E-state index in [-0.39, 0.29) is 17.6 Å². The number of rotatable bonds is 6. The molecule has 2 heterocycles. The normalized spacial score (nSPS) is 12.7. The van der Waals surface area contributed by atoms with E-state index in [1.165, 1.54) is 25.8 Å². The van der Waals surface area contributed by atoms with Gasteiger partial charge in [0.25, 0.3) is 11.8 Å². The van der Waals surface area contributed by atoms with Gasteiger partial charge in [0.2, 0.25) is 0 Å². The van der Waals surface area contributed by atoms with Gasteiger partial charge in [-0.3, -0.25) is 10.1 Å². The fourth-order valence-electron chi connectivity index (χ4n) is 2.87. The van der Waals surface area contributed by atoms with Crippen molar-refractivity contribution in [1.82, 2.24) is 25.3 Å². The molecule has 10 nitrogen and oxygen atoms in total. The Morgan fingerprint density at radius 3 is 2.56 bits per heavy atom. The van der Waals surface area contributed by atoms with Crippen molar-refractivity contribution in [3.8, 4) is 5.88 Å². The first-order valence-corrected chi connectivity index (χ1v) is 9.53. The van der Waals surface area contributed by atoms with Crippen molar-refractivity contribution in [1.29, 1.82) is 0 Å². The maximum Gasteiger partial charge on any atom is 0.418 e. The number of anilines is 3. The molecule has 0 unspecified atom stereocenters. The number of aromatic nitrogens is 4. The molecule has 3 N–H and O–H groups in total. The van der Waals surface area contributed by atoms with Gasteiger partial charge in [0, 0.05) is 19.0 Å². The highest BCUT2D eigenvalue weighted by Gasteiger charge is 2.27. The molecule has 3 aromatic rings. The monoisotopic (exact) mass is 441 g/mol. The summed E-state index contributed by atoms with van der Waals surface area (Å²) >= 11 is 0. The highest BCUT2D eigenvalue weighted by molar-refractivity contribution is 6.03. The van der Waals surface area contributed by atoms with Crippen LogP contribution in [-0.4, -0.2) is 39.0 Å². The zero-order chi connectivity index (χ0) is 22.7. The molecule has 1 aliphatic rings. The molecule has 4 rings (SSSR count). The molecule has 0 atom stereocenters. The number of carbonyl (C=O) groups excluding carboxylic acids is 2. The largest absolute Gasteiger partial charge is 0.418 e. The second kappa shape index (κ2) is 8.88. The number of nitrogens with zero attached hydrogens (tertiary/aromatic N) is 4. The molecule has 12 heteroatoms. The highest BCUT2D eigenvalue weighted by Crippen LogP contribution is 2.40. The minimum Gasteiger partial charge on any atom is -0.387 e. The van der Waals surface area contributed by atoms with Crippen LogP contribution in [0.25, 0.3) is 0 Å². The van der Waals surface area contributed by atoms with Crippen molar-refractivity contribution in [2.45, 2.75) is 18.8 Å². The molecular formula is C20H17F2N7O3. The van der Waals surface area contributed by atoms with Crippen LogP contribution in [0.1, 0.15) is 34.8 Å². The molecule has 0 bridgehead atoms. The van der Waals surface area contributed by atoms with Gasteiger partial charge in [-0.1, -0.05) is 0 Å². The quantitative estimate of drug-likeness (QED) is 0.532. The Hall–Kier alpha value is -4.22. The summed E-state index contributed by atoms with van der Waals surface area (Å²) in [5.41, 5.74) is 0.179. The van der Waals surface area contributed by atoms with Crippen LogP contribution < -0.4 is 20.7 Å². The van der Waals surface area contributed by atoms with Gasteiger partial charge in [0.05, 0.1) is 41.2 Å². The number of ether oxygens (including phenoxy) is 1. The lowest BCUT2D eigenvalue weighted by atomic mass is 10.1. The van der Waals surface area contributed by atoms with Crippen molar-refractivity contribution in [3.05, 3.63) is 59.9 Å². The van der Waals surface area contributed by atoms with Crippen molar-refractivity contribution in [2.24, 2.45) is 0 Å². The summed E-state index contributed by atoms with van der Waals surface area (Å²) in [7, 11) is 1.28. The van der Waals surface area contributed by atoms with Crippen LogP contribution in [0.3, 0.4) is 0 Å². The second-order valence-corrected chi connectivity index (χ2v) is 6.88. The molecule has 1 fully saturated rings. The number of hydrogen-bond donors (Lipinski definition) is 3. The number of hydrogen-bond acceptors (Lipinski definition) is 8. The third kappa shape index (κ3) is 4.74. The zero-order valence-electron chi connectivity index (χ0n) is 16.7. The van der Waals surface area contributed by atoms with Crippen LogP contribution in [0.15, 0.2) is 37.1 Å². The fraction of sp³-hybridized carbons (Fsp3) is 0.200. The van der Waals surface area contributed by atoms with Crippen LogP contribution >= 0.6 is 0 Å². The number of benzene rings is 1.